The molecule has 1 aromatic carbocycles. The van der Waals surface area contributed by atoms with Gasteiger partial charge in [-0.3, -0.25) is 19.9 Å². The number of carbonyl (C=O) groups excluding carboxylic acids is 1. The number of carbonyl (C=O) groups is 1. The van der Waals surface area contributed by atoms with E-state index in [2.05, 4.69) is 35.2 Å². The van der Waals surface area contributed by atoms with Crippen LogP contribution in [0.5, 0.6) is 0 Å². The van der Waals surface area contributed by atoms with Gasteiger partial charge in [0.2, 0.25) is 23.6 Å². The lowest BCUT2D eigenvalue weighted by atomic mass is 10.1. The molecule has 0 spiro atoms. The summed E-state index contributed by atoms with van der Waals surface area (Å²) < 4.78 is 44.4. The van der Waals surface area contributed by atoms with Gasteiger partial charge in [-0.15, -0.1) is 0 Å². The van der Waals surface area contributed by atoms with Gasteiger partial charge in [0.05, 0.1) is 17.6 Å². The van der Waals surface area contributed by atoms with Gasteiger partial charge in [0, 0.05) is 44.1 Å². The average molecular weight is 475 g/mol. The zero-order chi connectivity index (χ0) is 24.3. The van der Waals surface area contributed by atoms with Gasteiger partial charge in [-0.2, -0.15) is 18.2 Å². The van der Waals surface area contributed by atoms with Crippen LogP contribution in [0.25, 0.3) is 11.4 Å². The van der Waals surface area contributed by atoms with Crippen LogP contribution in [-0.2, 0) is 11.0 Å². The summed E-state index contributed by atoms with van der Waals surface area (Å²) in [7, 11) is 0. The summed E-state index contributed by atoms with van der Waals surface area (Å²) in [6, 6.07) is 5.92. The van der Waals surface area contributed by atoms with Crippen molar-refractivity contribution in [3.05, 3.63) is 54.2 Å². The summed E-state index contributed by atoms with van der Waals surface area (Å²) in [5.41, 5.74) is -0.526. The number of piperazine rings is 1. The van der Waals surface area contributed by atoms with E-state index in [1.54, 1.807) is 18.5 Å². The minimum Gasteiger partial charge on any atom is -0.337 e. The predicted octanol–water partition coefficient (Wildman–Crippen LogP) is 3.25. The summed E-state index contributed by atoms with van der Waals surface area (Å²) in [6.07, 6.45) is -1.33. The second kappa shape index (κ2) is 9.85. The van der Waals surface area contributed by atoms with Crippen molar-refractivity contribution >= 4 is 11.9 Å². The minimum absolute atomic E-state index is 0.111. The van der Waals surface area contributed by atoms with E-state index >= 15 is 0 Å². The first-order valence-corrected chi connectivity index (χ1v) is 10.8. The number of nitrogens with zero attached hydrogens (tertiary/aromatic N) is 6. The first-order chi connectivity index (χ1) is 16.2. The highest BCUT2D eigenvalue weighted by molar-refractivity contribution is 5.93. The Kier molecular flexibility index (Phi) is 6.89. The number of rotatable bonds is 6. The molecule has 12 heteroatoms. The molecule has 3 aromatic rings. The number of hydrogen-bond donors (Lipinski definition) is 1. The fourth-order valence-electron chi connectivity index (χ4n) is 3.77. The van der Waals surface area contributed by atoms with Gasteiger partial charge in [0.25, 0.3) is 0 Å². The standard InChI is InChI=1S/C22H24F3N7O2/c1-14(19(33)29-21-26-7-4-8-27-21)31-9-11-32(12-10-31)15(2)20-28-18(30-34-20)16-5-3-6-17(13-16)22(23,24)25/h3-8,13-15H,9-12H2,1-2H3,(H,26,27,29,33). The molecule has 0 radical (unpaired) electrons. The number of alkyl halides is 3. The number of aromatic nitrogens is 4. The van der Waals surface area contributed by atoms with Crippen molar-refractivity contribution in [2.75, 3.05) is 31.5 Å². The lowest BCUT2D eigenvalue weighted by molar-refractivity contribution is -0.137. The molecule has 3 heterocycles. The molecule has 34 heavy (non-hydrogen) atoms. The highest BCUT2D eigenvalue weighted by Crippen LogP contribution is 2.32. The summed E-state index contributed by atoms with van der Waals surface area (Å²) in [4.78, 5) is 29.1. The van der Waals surface area contributed by atoms with Crippen LogP contribution in [0.2, 0.25) is 0 Å². The van der Waals surface area contributed by atoms with Gasteiger partial charge in [-0.05, 0) is 32.0 Å². The van der Waals surface area contributed by atoms with Gasteiger partial charge in [-0.1, -0.05) is 17.3 Å². The SMILES string of the molecule is CC(C(=O)Nc1ncccn1)N1CCN(C(C)c2nc(-c3cccc(C(F)(F)F)c3)no2)CC1. The number of halogens is 3. The molecule has 9 nitrogen and oxygen atoms in total. The average Bonchev–Trinajstić information content (AvgIpc) is 3.34. The molecule has 1 N–H and O–H groups in total. The largest absolute Gasteiger partial charge is 0.416 e. The van der Waals surface area contributed by atoms with Crippen LogP contribution < -0.4 is 5.32 Å². The third-order valence-electron chi connectivity index (χ3n) is 5.87. The first-order valence-electron chi connectivity index (χ1n) is 10.8. The monoisotopic (exact) mass is 475 g/mol. The zero-order valence-electron chi connectivity index (χ0n) is 18.7. The van der Waals surface area contributed by atoms with Crippen molar-refractivity contribution in [2.45, 2.75) is 32.1 Å². The maximum Gasteiger partial charge on any atom is 0.416 e. The number of hydrogen-bond acceptors (Lipinski definition) is 8. The highest BCUT2D eigenvalue weighted by Gasteiger charge is 2.32. The molecule has 1 fully saturated rings. The Hall–Kier alpha value is -3.38. The van der Waals surface area contributed by atoms with E-state index in [-0.39, 0.29) is 35.3 Å². The molecule has 4 rings (SSSR count). The molecular formula is C22H24F3N7O2. The van der Waals surface area contributed by atoms with Crippen LogP contribution in [0.4, 0.5) is 19.1 Å². The Morgan fingerprint density at radius 2 is 1.74 bits per heavy atom. The Morgan fingerprint density at radius 1 is 1.06 bits per heavy atom. The maximum absolute atomic E-state index is 13.0. The van der Waals surface area contributed by atoms with E-state index in [0.717, 1.165) is 12.1 Å². The van der Waals surface area contributed by atoms with Gasteiger partial charge in [-0.25, -0.2) is 9.97 Å². The molecule has 2 unspecified atom stereocenters. The molecule has 1 amide bonds. The van der Waals surface area contributed by atoms with Gasteiger partial charge in [0.1, 0.15) is 0 Å². The molecule has 0 bridgehead atoms. The summed E-state index contributed by atoms with van der Waals surface area (Å²) in [5, 5.41) is 6.59. The fraction of sp³-hybridized carbons (Fsp3) is 0.409. The zero-order valence-corrected chi connectivity index (χ0v) is 18.7. The van der Waals surface area contributed by atoms with Crippen molar-refractivity contribution in [3.63, 3.8) is 0 Å². The number of amides is 1. The third kappa shape index (κ3) is 5.39. The Balaban J connectivity index is 1.35. The molecule has 1 aliphatic heterocycles. The van der Waals surface area contributed by atoms with E-state index < -0.39 is 11.7 Å². The van der Waals surface area contributed by atoms with Gasteiger partial charge in [0.15, 0.2) is 0 Å². The van der Waals surface area contributed by atoms with Crippen molar-refractivity contribution in [2.24, 2.45) is 0 Å². The molecule has 1 aliphatic rings. The summed E-state index contributed by atoms with van der Waals surface area (Å²) in [5.74, 6) is 0.516. The van der Waals surface area contributed by atoms with Crippen LogP contribution in [0, 0.1) is 0 Å². The minimum atomic E-state index is -4.45. The van der Waals surface area contributed by atoms with Crippen LogP contribution >= 0.6 is 0 Å². The maximum atomic E-state index is 13.0. The molecule has 1 saturated heterocycles. The number of benzene rings is 1. The van der Waals surface area contributed by atoms with Gasteiger partial charge < -0.3 is 4.52 Å². The number of anilines is 1. The molecule has 180 valence electrons. The lowest BCUT2D eigenvalue weighted by Gasteiger charge is -2.38. The second-order valence-corrected chi connectivity index (χ2v) is 8.02. The van der Waals surface area contributed by atoms with E-state index in [1.807, 2.05) is 13.8 Å². The topological polar surface area (TPSA) is 100 Å². The van der Waals surface area contributed by atoms with Crippen LogP contribution in [0.15, 0.2) is 47.2 Å². The number of nitrogens with one attached hydrogen (secondary N) is 1. The Bertz CT molecular complexity index is 1110. The fourth-order valence-corrected chi connectivity index (χ4v) is 3.77. The molecule has 0 saturated carbocycles. The first kappa shape index (κ1) is 23.8. The van der Waals surface area contributed by atoms with Crippen molar-refractivity contribution in [3.8, 4) is 11.4 Å². The van der Waals surface area contributed by atoms with Crippen molar-refractivity contribution in [1.29, 1.82) is 0 Å². The molecular weight excluding hydrogens is 451 g/mol. The van der Waals surface area contributed by atoms with Crippen molar-refractivity contribution in [1.82, 2.24) is 29.9 Å². The van der Waals surface area contributed by atoms with Gasteiger partial charge >= 0.3 is 6.18 Å². The Morgan fingerprint density at radius 3 is 2.41 bits per heavy atom. The summed E-state index contributed by atoms with van der Waals surface area (Å²) >= 11 is 0. The Labute approximate surface area is 194 Å². The molecule has 2 aromatic heterocycles. The predicted molar refractivity (Wildman–Crippen MR) is 116 cm³/mol. The van der Waals surface area contributed by atoms with E-state index in [9.17, 15) is 18.0 Å². The molecule has 2 atom stereocenters. The van der Waals surface area contributed by atoms with E-state index in [0.29, 0.717) is 32.1 Å². The van der Waals surface area contributed by atoms with E-state index in [4.69, 9.17) is 4.52 Å². The van der Waals surface area contributed by atoms with Crippen LogP contribution in [-0.4, -0.2) is 68.0 Å². The second-order valence-electron chi connectivity index (χ2n) is 8.02. The normalized spacial score (nSPS) is 17.3. The smallest absolute Gasteiger partial charge is 0.337 e. The highest BCUT2D eigenvalue weighted by atomic mass is 19.4. The summed E-state index contributed by atoms with van der Waals surface area (Å²) in [6.45, 7) is 6.33. The molecule has 0 aliphatic carbocycles. The quantitative estimate of drug-likeness (QED) is 0.580. The lowest BCUT2D eigenvalue weighted by Crippen LogP contribution is -2.53. The van der Waals surface area contributed by atoms with Crippen LogP contribution in [0.3, 0.4) is 0 Å². The third-order valence-corrected chi connectivity index (χ3v) is 5.87. The van der Waals surface area contributed by atoms with Crippen LogP contribution in [0.1, 0.15) is 31.3 Å². The van der Waals surface area contributed by atoms with E-state index in [1.165, 1.54) is 12.1 Å². The van der Waals surface area contributed by atoms with Crippen molar-refractivity contribution < 1.29 is 22.5 Å².